The van der Waals surface area contributed by atoms with Gasteiger partial charge in [0.05, 0.1) is 5.56 Å². The lowest BCUT2D eigenvalue weighted by atomic mass is 10.1. The summed E-state index contributed by atoms with van der Waals surface area (Å²) in [7, 11) is 0. The van der Waals surface area contributed by atoms with Crippen molar-refractivity contribution >= 4 is 17.8 Å². The smallest absolute Gasteiger partial charge is 0.338 e. The molecule has 0 spiro atoms. The molecule has 0 fully saturated rings. The summed E-state index contributed by atoms with van der Waals surface area (Å²) in [4.78, 5) is 35.1. The minimum absolute atomic E-state index is 0.140. The van der Waals surface area contributed by atoms with Crippen molar-refractivity contribution in [2.24, 2.45) is 0 Å². The van der Waals surface area contributed by atoms with Crippen LogP contribution in [0.25, 0.3) is 0 Å². The van der Waals surface area contributed by atoms with Crippen molar-refractivity contribution in [3.63, 3.8) is 0 Å². The number of carbonyl (C=O) groups is 3. The Hall–Kier alpha value is -3.22. The number of rotatable bonds is 7. The van der Waals surface area contributed by atoms with E-state index >= 15 is 0 Å². The fraction of sp³-hybridized carbons (Fsp3) is 0.250. The van der Waals surface area contributed by atoms with Gasteiger partial charge in [0.1, 0.15) is 5.82 Å². The number of benzene rings is 2. The lowest BCUT2D eigenvalue weighted by molar-refractivity contribution is -0.129. The third kappa shape index (κ3) is 6.54. The number of carbonyl (C=O) groups excluding carboxylic acids is 3. The van der Waals surface area contributed by atoms with Gasteiger partial charge in [0.2, 0.25) is 5.91 Å². The predicted molar refractivity (Wildman–Crippen MR) is 97.1 cm³/mol. The molecule has 0 aliphatic carbocycles. The topological polar surface area (TPSA) is 84.5 Å². The van der Waals surface area contributed by atoms with Crippen molar-refractivity contribution in [3.8, 4) is 0 Å². The highest BCUT2D eigenvalue weighted by Gasteiger charge is 2.18. The Morgan fingerprint density at radius 3 is 2.00 bits per heavy atom. The molecule has 0 saturated heterocycles. The average Bonchev–Trinajstić information content (AvgIpc) is 2.65. The molecule has 7 heteroatoms. The van der Waals surface area contributed by atoms with Gasteiger partial charge in [0, 0.05) is 20.0 Å². The molecular weight excluding hydrogens is 351 g/mol. The maximum Gasteiger partial charge on any atom is 0.338 e. The molecule has 0 bridgehead atoms. The number of hydrogen-bond acceptors (Lipinski definition) is 4. The fourth-order valence-electron chi connectivity index (χ4n) is 2.20. The van der Waals surface area contributed by atoms with Gasteiger partial charge in [-0.2, -0.15) is 0 Å². The van der Waals surface area contributed by atoms with E-state index in [1.54, 1.807) is 36.4 Å². The summed E-state index contributed by atoms with van der Waals surface area (Å²) in [5.41, 5.74) is 1.88. The van der Waals surface area contributed by atoms with Gasteiger partial charge >= 0.3 is 5.97 Å². The summed E-state index contributed by atoms with van der Waals surface area (Å²) in [6.07, 6.45) is -0.975. The molecule has 142 valence electrons. The van der Waals surface area contributed by atoms with Crippen LogP contribution < -0.4 is 10.6 Å². The van der Waals surface area contributed by atoms with Crippen LogP contribution in [-0.4, -0.2) is 23.9 Å². The van der Waals surface area contributed by atoms with E-state index in [0.29, 0.717) is 12.1 Å². The van der Waals surface area contributed by atoms with E-state index in [1.807, 2.05) is 0 Å². The van der Waals surface area contributed by atoms with E-state index in [1.165, 1.54) is 26.0 Å². The predicted octanol–water partition coefficient (Wildman–Crippen LogP) is 2.32. The molecule has 2 amide bonds. The molecule has 27 heavy (non-hydrogen) atoms. The van der Waals surface area contributed by atoms with Crippen LogP contribution in [0.4, 0.5) is 4.39 Å². The molecule has 0 aromatic heterocycles. The third-order valence-corrected chi connectivity index (χ3v) is 3.76. The van der Waals surface area contributed by atoms with Gasteiger partial charge in [-0.05, 0) is 42.3 Å². The number of ether oxygens (including phenoxy) is 1. The molecule has 6 nitrogen and oxygen atoms in total. The molecule has 2 aromatic rings. The number of amides is 2. The van der Waals surface area contributed by atoms with Gasteiger partial charge in [-0.1, -0.05) is 24.3 Å². The zero-order valence-corrected chi connectivity index (χ0v) is 15.1. The van der Waals surface area contributed by atoms with E-state index in [9.17, 15) is 18.8 Å². The first-order valence-corrected chi connectivity index (χ1v) is 8.41. The average molecular weight is 372 g/mol. The number of halogens is 1. The Morgan fingerprint density at radius 1 is 0.926 bits per heavy atom. The second-order valence-corrected chi connectivity index (χ2v) is 6.00. The minimum Gasteiger partial charge on any atom is -0.449 e. The highest BCUT2D eigenvalue weighted by molar-refractivity contribution is 5.92. The fourth-order valence-corrected chi connectivity index (χ4v) is 2.20. The minimum atomic E-state index is -0.975. The summed E-state index contributed by atoms with van der Waals surface area (Å²) in [6, 6.07) is 12.3. The summed E-state index contributed by atoms with van der Waals surface area (Å²) >= 11 is 0. The Bertz CT molecular complexity index is 804. The van der Waals surface area contributed by atoms with Crippen LogP contribution >= 0.6 is 0 Å². The highest BCUT2D eigenvalue weighted by atomic mass is 19.1. The van der Waals surface area contributed by atoms with E-state index < -0.39 is 18.0 Å². The summed E-state index contributed by atoms with van der Waals surface area (Å²) < 4.78 is 18.0. The van der Waals surface area contributed by atoms with E-state index in [4.69, 9.17) is 4.74 Å². The molecule has 1 unspecified atom stereocenters. The first kappa shape index (κ1) is 20.1. The SMILES string of the molecule is CC(=O)NCc1ccc(C(=O)OC(C)C(=O)NCc2ccc(F)cc2)cc1. The zero-order chi connectivity index (χ0) is 19.8. The first-order valence-electron chi connectivity index (χ1n) is 8.41. The Morgan fingerprint density at radius 2 is 1.44 bits per heavy atom. The van der Waals surface area contributed by atoms with Gasteiger partial charge in [-0.15, -0.1) is 0 Å². The summed E-state index contributed by atoms with van der Waals surface area (Å²) in [6.45, 7) is 3.48. The van der Waals surface area contributed by atoms with Crippen molar-refractivity contribution in [3.05, 3.63) is 71.0 Å². The molecular formula is C20H21FN2O4. The molecule has 0 radical (unpaired) electrons. The van der Waals surface area contributed by atoms with Gasteiger partial charge in [0.15, 0.2) is 6.10 Å². The van der Waals surface area contributed by atoms with Gasteiger partial charge in [-0.25, -0.2) is 9.18 Å². The Labute approximate surface area is 156 Å². The molecule has 0 aliphatic heterocycles. The van der Waals surface area contributed by atoms with E-state index in [2.05, 4.69) is 10.6 Å². The maximum absolute atomic E-state index is 12.9. The van der Waals surface area contributed by atoms with Crippen LogP contribution in [0.2, 0.25) is 0 Å². The first-order chi connectivity index (χ1) is 12.8. The van der Waals surface area contributed by atoms with Crippen molar-refractivity contribution in [2.75, 3.05) is 0 Å². The van der Waals surface area contributed by atoms with Gasteiger partial charge < -0.3 is 15.4 Å². The lowest BCUT2D eigenvalue weighted by Gasteiger charge is -2.14. The van der Waals surface area contributed by atoms with Crippen molar-refractivity contribution in [2.45, 2.75) is 33.0 Å². The highest BCUT2D eigenvalue weighted by Crippen LogP contribution is 2.08. The van der Waals surface area contributed by atoms with Crippen LogP contribution in [-0.2, 0) is 27.4 Å². The molecule has 2 N–H and O–H groups in total. The van der Waals surface area contributed by atoms with E-state index in [-0.39, 0.29) is 18.3 Å². The van der Waals surface area contributed by atoms with Crippen LogP contribution in [0.15, 0.2) is 48.5 Å². The number of nitrogens with one attached hydrogen (secondary N) is 2. The zero-order valence-electron chi connectivity index (χ0n) is 15.1. The number of hydrogen-bond donors (Lipinski definition) is 2. The van der Waals surface area contributed by atoms with Crippen molar-refractivity contribution in [1.82, 2.24) is 10.6 Å². The van der Waals surface area contributed by atoms with E-state index in [0.717, 1.165) is 11.1 Å². The third-order valence-electron chi connectivity index (χ3n) is 3.76. The quantitative estimate of drug-likeness (QED) is 0.731. The van der Waals surface area contributed by atoms with Crippen molar-refractivity contribution in [1.29, 1.82) is 0 Å². The Balaban J connectivity index is 1.83. The van der Waals surface area contributed by atoms with Crippen LogP contribution in [0.5, 0.6) is 0 Å². The standard InChI is InChI=1S/C20H21FN2O4/c1-13(19(25)23-12-16-5-9-18(21)10-6-16)27-20(26)17-7-3-15(4-8-17)11-22-14(2)24/h3-10,13H,11-12H2,1-2H3,(H,22,24)(H,23,25). The summed E-state index contributed by atoms with van der Waals surface area (Å²) in [5.74, 6) is -1.56. The van der Waals surface area contributed by atoms with Crippen LogP contribution in [0, 0.1) is 5.82 Å². The Kier molecular flexibility index (Phi) is 7.05. The molecule has 0 heterocycles. The molecule has 0 aliphatic rings. The maximum atomic E-state index is 12.9. The molecule has 2 rings (SSSR count). The monoisotopic (exact) mass is 372 g/mol. The van der Waals surface area contributed by atoms with Crippen molar-refractivity contribution < 1.29 is 23.5 Å². The second-order valence-electron chi connectivity index (χ2n) is 6.00. The normalized spacial score (nSPS) is 11.4. The van der Waals surface area contributed by atoms with Crippen LogP contribution in [0.1, 0.15) is 35.3 Å². The molecule has 0 saturated carbocycles. The number of esters is 1. The van der Waals surface area contributed by atoms with Gasteiger partial charge in [-0.3, -0.25) is 9.59 Å². The largest absolute Gasteiger partial charge is 0.449 e. The molecule has 1 atom stereocenters. The summed E-state index contributed by atoms with van der Waals surface area (Å²) in [5, 5.41) is 5.29. The molecule has 2 aromatic carbocycles. The lowest BCUT2D eigenvalue weighted by Crippen LogP contribution is -2.35. The second kappa shape index (κ2) is 9.47. The van der Waals surface area contributed by atoms with Crippen LogP contribution in [0.3, 0.4) is 0 Å². The van der Waals surface area contributed by atoms with Gasteiger partial charge in [0.25, 0.3) is 5.91 Å².